The fourth-order valence-electron chi connectivity index (χ4n) is 3.81. The quantitative estimate of drug-likeness (QED) is 0.550. The molecule has 1 N–H and O–H groups in total. The molecule has 0 radical (unpaired) electrons. The third-order valence-electron chi connectivity index (χ3n) is 5.81. The van der Waals surface area contributed by atoms with Crippen LogP contribution in [0, 0.1) is 5.41 Å². The van der Waals surface area contributed by atoms with Crippen LogP contribution in [0.15, 0.2) is 54.6 Å². The number of halogens is 1. The lowest BCUT2D eigenvalue weighted by Crippen LogP contribution is -2.48. The maximum atomic E-state index is 12.8. The Balaban J connectivity index is 1.35. The van der Waals surface area contributed by atoms with Crippen LogP contribution in [0.4, 0.5) is 0 Å². The van der Waals surface area contributed by atoms with Gasteiger partial charge < -0.3 is 10.1 Å². The molecule has 1 aliphatic rings. The van der Waals surface area contributed by atoms with E-state index in [1.807, 2.05) is 38.1 Å². The van der Waals surface area contributed by atoms with Gasteiger partial charge in [0, 0.05) is 36.1 Å². The van der Waals surface area contributed by atoms with Crippen LogP contribution < -0.4 is 10.1 Å². The van der Waals surface area contributed by atoms with Gasteiger partial charge in [-0.15, -0.1) is 0 Å². The van der Waals surface area contributed by atoms with Crippen LogP contribution in [0.2, 0.25) is 5.02 Å². The molecule has 1 saturated heterocycles. The summed E-state index contributed by atoms with van der Waals surface area (Å²) in [6, 6.07) is 18.2. The van der Waals surface area contributed by atoms with Crippen LogP contribution in [-0.4, -0.2) is 36.5 Å². The summed E-state index contributed by atoms with van der Waals surface area (Å²) in [4.78, 5) is 15.3. The molecule has 0 spiro atoms. The molecule has 0 aromatic heterocycles. The van der Waals surface area contributed by atoms with Crippen molar-refractivity contribution in [3.8, 4) is 5.75 Å². The minimum atomic E-state index is -0.398. The number of carbonyl (C=O) groups is 1. The molecule has 0 aliphatic carbocycles. The molecule has 3 rings (SSSR count). The lowest BCUT2D eigenvalue weighted by Gasteiger charge is -2.34. The van der Waals surface area contributed by atoms with Gasteiger partial charge in [0.25, 0.3) is 0 Å². The molecule has 5 heteroatoms. The van der Waals surface area contributed by atoms with E-state index in [0.29, 0.717) is 11.6 Å². The van der Waals surface area contributed by atoms with Gasteiger partial charge in [-0.25, -0.2) is 0 Å². The number of piperidine rings is 1. The molecular formula is C25H33ClN2O2. The fraction of sp³-hybridized carbons (Fsp3) is 0.480. The number of nitrogens with one attached hydrogen (secondary N) is 1. The number of nitrogens with zero attached hydrogens (tertiary/aromatic N) is 1. The van der Waals surface area contributed by atoms with Gasteiger partial charge in [0.05, 0.1) is 6.61 Å². The molecule has 2 aromatic carbocycles. The van der Waals surface area contributed by atoms with Crippen LogP contribution in [-0.2, 0) is 11.3 Å². The minimum Gasteiger partial charge on any atom is -0.494 e. The van der Waals surface area contributed by atoms with E-state index in [0.717, 1.165) is 51.1 Å². The van der Waals surface area contributed by atoms with Crippen LogP contribution >= 0.6 is 11.6 Å². The molecule has 1 heterocycles. The lowest BCUT2D eigenvalue weighted by atomic mass is 9.86. The van der Waals surface area contributed by atoms with Gasteiger partial charge in [-0.2, -0.15) is 0 Å². The van der Waals surface area contributed by atoms with Crippen LogP contribution in [0.25, 0.3) is 0 Å². The first kappa shape index (κ1) is 22.6. The highest BCUT2D eigenvalue weighted by molar-refractivity contribution is 6.30. The van der Waals surface area contributed by atoms with Gasteiger partial charge in [-0.3, -0.25) is 9.69 Å². The third kappa shape index (κ3) is 7.03. The fourth-order valence-corrected chi connectivity index (χ4v) is 3.93. The SMILES string of the molecule is CC(C)(CCCOc1ccc(Cl)cc1)C(=O)NC1CCN(Cc2ccccc2)CC1. The Morgan fingerprint density at radius 1 is 1.10 bits per heavy atom. The molecule has 4 nitrogen and oxygen atoms in total. The van der Waals surface area contributed by atoms with Crippen molar-refractivity contribution in [2.45, 2.75) is 52.1 Å². The van der Waals surface area contributed by atoms with Crippen molar-refractivity contribution in [1.82, 2.24) is 10.2 Å². The van der Waals surface area contributed by atoms with E-state index >= 15 is 0 Å². The van der Waals surface area contributed by atoms with E-state index in [4.69, 9.17) is 16.3 Å². The molecular weight excluding hydrogens is 396 g/mol. The van der Waals surface area contributed by atoms with Gasteiger partial charge >= 0.3 is 0 Å². The molecule has 1 fully saturated rings. The molecule has 2 aromatic rings. The molecule has 1 aliphatic heterocycles. The number of carbonyl (C=O) groups excluding carboxylic acids is 1. The van der Waals surface area contributed by atoms with Gasteiger partial charge in [-0.1, -0.05) is 55.8 Å². The van der Waals surface area contributed by atoms with Crippen LogP contribution in [0.3, 0.4) is 0 Å². The summed E-state index contributed by atoms with van der Waals surface area (Å²) in [5.41, 5.74) is 0.951. The topological polar surface area (TPSA) is 41.6 Å². The van der Waals surface area contributed by atoms with E-state index in [1.54, 1.807) is 0 Å². The van der Waals surface area contributed by atoms with E-state index in [1.165, 1.54) is 5.56 Å². The minimum absolute atomic E-state index is 0.149. The predicted octanol–water partition coefficient (Wildman–Crippen LogP) is 5.31. The Hall–Kier alpha value is -2.04. The van der Waals surface area contributed by atoms with E-state index < -0.39 is 5.41 Å². The molecule has 0 unspecified atom stereocenters. The molecule has 1 amide bonds. The Bertz CT molecular complexity index is 785. The number of likely N-dealkylation sites (tertiary alicyclic amines) is 1. The molecule has 162 valence electrons. The first-order chi connectivity index (χ1) is 14.4. The number of hydrogen-bond acceptors (Lipinski definition) is 3. The zero-order valence-electron chi connectivity index (χ0n) is 18.1. The summed E-state index contributed by atoms with van der Waals surface area (Å²) < 4.78 is 5.75. The van der Waals surface area contributed by atoms with E-state index in [2.05, 4.69) is 40.5 Å². The Kier molecular flexibility index (Phi) is 8.17. The highest BCUT2D eigenvalue weighted by atomic mass is 35.5. The van der Waals surface area contributed by atoms with Gasteiger partial charge in [-0.05, 0) is 55.5 Å². The lowest BCUT2D eigenvalue weighted by molar-refractivity contribution is -0.130. The summed E-state index contributed by atoms with van der Waals surface area (Å²) >= 11 is 5.89. The zero-order chi connectivity index (χ0) is 21.4. The highest BCUT2D eigenvalue weighted by Gasteiger charge is 2.30. The second-order valence-corrected chi connectivity index (χ2v) is 9.24. The zero-order valence-corrected chi connectivity index (χ0v) is 18.8. The summed E-state index contributed by atoms with van der Waals surface area (Å²) in [6.07, 6.45) is 3.64. The van der Waals surface area contributed by atoms with Crippen molar-refractivity contribution < 1.29 is 9.53 Å². The van der Waals surface area contributed by atoms with E-state index in [9.17, 15) is 4.79 Å². The van der Waals surface area contributed by atoms with Crippen LogP contribution in [0.5, 0.6) is 5.75 Å². The molecule has 0 saturated carbocycles. The first-order valence-corrected chi connectivity index (χ1v) is 11.3. The first-order valence-electron chi connectivity index (χ1n) is 10.9. The summed E-state index contributed by atoms with van der Waals surface area (Å²) in [5, 5.41) is 3.99. The van der Waals surface area contributed by atoms with Gasteiger partial charge in [0.15, 0.2) is 0 Å². The number of amides is 1. The number of ether oxygens (including phenoxy) is 1. The van der Waals surface area contributed by atoms with Crippen molar-refractivity contribution in [2.24, 2.45) is 5.41 Å². The number of rotatable bonds is 9. The van der Waals surface area contributed by atoms with Crippen LogP contribution in [0.1, 0.15) is 45.1 Å². The molecule has 0 bridgehead atoms. The Morgan fingerprint density at radius 2 is 1.77 bits per heavy atom. The standard InChI is InChI=1S/C25H33ClN2O2/c1-25(2,15-6-18-30-23-11-9-21(26)10-12-23)24(29)27-22-13-16-28(17-14-22)19-20-7-4-3-5-8-20/h3-5,7-12,22H,6,13-19H2,1-2H3,(H,27,29). The summed E-state index contributed by atoms with van der Waals surface area (Å²) in [6.45, 7) is 7.67. The van der Waals surface area contributed by atoms with Crippen molar-refractivity contribution in [1.29, 1.82) is 0 Å². The smallest absolute Gasteiger partial charge is 0.225 e. The maximum Gasteiger partial charge on any atom is 0.225 e. The van der Waals surface area contributed by atoms with Crippen molar-refractivity contribution in [2.75, 3.05) is 19.7 Å². The van der Waals surface area contributed by atoms with Gasteiger partial charge in [0.2, 0.25) is 5.91 Å². The number of benzene rings is 2. The number of hydrogen-bond donors (Lipinski definition) is 1. The second-order valence-electron chi connectivity index (χ2n) is 8.80. The van der Waals surface area contributed by atoms with Crippen molar-refractivity contribution >= 4 is 17.5 Å². The van der Waals surface area contributed by atoms with Gasteiger partial charge in [0.1, 0.15) is 5.75 Å². The summed E-state index contributed by atoms with van der Waals surface area (Å²) in [5.74, 6) is 0.958. The highest BCUT2D eigenvalue weighted by Crippen LogP contribution is 2.24. The molecule has 30 heavy (non-hydrogen) atoms. The average molecular weight is 429 g/mol. The maximum absolute atomic E-state index is 12.8. The molecule has 0 atom stereocenters. The average Bonchev–Trinajstić information content (AvgIpc) is 2.74. The third-order valence-corrected chi connectivity index (χ3v) is 6.07. The van der Waals surface area contributed by atoms with Crippen molar-refractivity contribution in [3.05, 3.63) is 65.2 Å². The summed E-state index contributed by atoms with van der Waals surface area (Å²) in [7, 11) is 0. The predicted molar refractivity (Wildman–Crippen MR) is 123 cm³/mol. The van der Waals surface area contributed by atoms with E-state index in [-0.39, 0.29) is 11.9 Å². The Labute approximate surface area is 185 Å². The normalized spacial score (nSPS) is 15.7. The monoisotopic (exact) mass is 428 g/mol. The Morgan fingerprint density at radius 3 is 2.43 bits per heavy atom. The second kappa shape index (κ2) is 10.8. The largest absolute Gasteiger partial charge is 0.494 e. The van der Waals surface area contributed by atoms with Crippen molar-refractivity contribution in [3.63, 3.8) is 0 Å².